The largest absolute Gasteiger partial charge is 0.491 e. The van der Waals surface area contributed by atoms with Crippen LogP contribution >= 0.6 is 0 Å². The lowest BCUT2D eigenvalue weighted by atomic mass is 10.2. The van der Waals surface area contributed by atoms with Gasteiger partial charge in [0.05, 0.1) is 18.7 Å². The maximum Gasteiger partial charge on any atom is 0.226 e. The minimum Gasteiger partial charge on any atom is -0.491 e. The van der Waals surface area contributed by atoms with E-state index < -0.39 is 0 Å². The Morgan fingerprint density at radius 1 is 1.14 bits per heavy atom. The van der Waals surface area contributed by atoms with Gasteiger partial charge in [-0.3, -0.25) is 9.59 Å². The van der Waals surface area contributed by atoms with E-state index in [0.29, 0.717) is 50.6 Å². The van der Waals surface area contributed by atoms with Crippen molar-refractivity contribution in [2.45, 2.75) is 13.3 Å². The van der Waals surface area contributed by atoms with Gasteiger partial charge >= 0.3 is 0 Å². The van der Waals surface area contributed by atoms with Crippen molar-refractivity contribution in [2.75, 3.05) is 38.5 Å². The number of hydrogen-bond donors (Lipinski definition) is 1. The molecular formula is C15H21N3O3. The third kappa shape index (κ3) is 4.11. The first-order valence-corrected chi connectivity index (χ1v) is 7.08. The molecule has 6 nitrogen and oxygen atoms in total. The monoisotopic (exact) mass is 291 g/mol. The summed E-state index contributed by atoms with van der Waals surface area (Å²) >= 11 is 0. The highest BCUT2D eigenvalue weighted by Gasteiger charge is 2.21. The Hall–Kier alpha value is -2.24. The molecule has 0 unspecified atom stereocenters. The van der Waals surface area contributed by atoms with Crippen LogP contribution < -0.4 is 10.5 Å². The van der Waals surface area contributed by atoms with E-state index in [4.69, 9.17) is 10.5 Å². The Labute approximate surface area is 124 Å². The summed E-state index contributed by atoms with van der Waals surface area (Å²) in [6.07, 6.45) is 0.314. The van der Waals surface area contributed by atoms with E-state index in [1.807, 2.05) is 12.1 Å². The molecule has 21 heavy (non-hydrogen) atoms. The third-order valence-electron chi connectivity index (χ3n) is 3.57. The average molecular weight is 291 g/mol. The Bertz CT molecular complexity index is 511. The van der Waals surface area contributed by atoms with E-state index in [2.05, 4.69) is 0 Å². The quantitative estimate of drug-likeness (QED) is 0.830. The molecule has 1 aromatic rings. The first-order chi connectivity index (χ1) is 10.1. The molecule has 1 aromatic carbocycles. The molecule has 1 saturated heterocycles. The number of benzene rings is 1. The SMILES string of the molecule is CC(=O)N1CCN(C(=O)CCOc2ccccc2N)CC1. The summed E-state index contributed by atoms with van der Waals surface area (Å²) in [5.41, 5.74) is 6.34. The van der Waals surface area contributed by atoms with E-state index in [9.17, 15) is 9.59 Å². The summed E-state index contributed by atoms with van der Waals surface area (Å²) in [5.74, 6) is 0.712. The van der Waals surface area contributed by atoms with Crippen molar-refractivity contribution in [3.63, 3.8) is 0 Å². The van der Waals surface area contributed by atoms with Crippen molar-refractivity contribution in [3.8, 4) is 5.75 Å². The zero-order valence-electron chi connectivity index (χ0n) is 12.2. The number of para-hydroxylation sites is 2. The van der Waals surface area contributed by atoms with Gasteiger partial charge in [0.2, 0.25) is 11.8 Å². The predicted molar refractivity (Wildman–Crippen MR) is 79.8 cm³/mol. The van der Waals surface area contributed by atoms with E-state index in [1.54, 1.807) is 28.9 Å². The lowest BCUT2D eigenvalue weighted by molar-refractivity contribution is -0.138. The van der Waals surface area contributed by atoms with Crippen LogP contribution in [0, 0.1) is 0 Å². The molecule has 0 radical (unpaired) electrons. The van der Waals surface area contributed by atoms with E-state index in [1.165, 1.54) is 0 Å². The second kappa shape index (κ2) is 6.97. The number of carbonyl (C=O) groups is 2. The number of nitrogen functional groups attached to an aromatic ring is 1. The molecule has 0 saturated carbocycles. The van der Waals surface area contributed by atoms with Crippen LogP contribution in [0.25, 0.3) is 0 Å². The lowest BCUT2D eigenvalue weighted by Crippen LogP contribution is -2.50. The molecule has 0 atom stereocenters. The molecule has 114 valence electrons. The average Bonchev–Trinajstić information content (AvgIpc) is 2.49. The van der Waals surface area contributed by atoms with Gasteiger partial charge in [-0.15, -0.1) is 0 Å². The summed E-state index contributed by atoms with van der Waals surface area (Å²) in [6, 6.07) is 7.22. The first kappa shape index (κ1) is 15.2. The van der Waals surface area contributed by atoms with Crippen molar-refractivity contribution in [3.05, 3.63) is 24.3 Å². The van der Waals surface area contributed by atoms with Crippen LogP contribution in [0.4, 0.5) is 5.69 Å². The predicted octanol–water partition coefficient (Wildman–Crippen LogP) is 0.728. The molecule has 0 spiro atoms. The molecule has 0 bridgehead atoms. The highest BCUT2D eigenvalue weighted by atomic mass is 16.5. The molecule has 2 rings (SSSR count). The molecule has 6 heteroatoms. The second-order valence-corrected chi connectivity index (χ2v) is 5.02. The van der Waals surface area contributed by atoms with Gasteiger partial charge in [-0.1, -0.05) is 12.1 Å². The lowest BCUT2D eigenvalue weighted by Gasteiger charge is -2.34. The molecule has 1 fully saturated rings. The van der Waals surface area contributed by atoms with Gasteiger partial charge in [0, 0.05) is 33.1 Å². The molecule has 0 aromatic heterocycles. The number of amides is 2. The van der Waals surface area contributed by atoms with Crippen molar-refractivity contribution in [1.29, 1.82) is 0 Å². The number of ether oxygens (including phenoxy) is 1. The van der Waals surface area contributed by atoms with Gasteiger partial charge < -0.3 is 20.3 Å². The molecule has 1 aliphatic rings. The Kier molecular flexibility index (Phi) is 5.03. The Morgan fingerprint density at radius 2 is 1.76 bits per heavy atom. The number of piperazine rings is 1. The number of anilines is 1. The molecular weight excluding hydrogens is 270 g/mol. The van der Waals surface area contributed by atoms with Gasteiger partial charge in [0.15, 0.2) is 0 Å². The van der Waals surface area contributed by atoms with Crippen molar-refractivity contribution in [1.82, 2.24) is 9.80 Å². The third-order valence-corrected chi connectivity index (χ3v) is 3.57. The van der Waals surface area contributed by atoms with Crippen LogP contribution in [0.3, 0.4) is 0 Å². The molecule has 1 aliphatic heterocycles. The maximum absolute atomic E-state index is 12.1. The van der Waals surface area contributed by atoms with Crippen LogP contribution in [0.2, 0.25) is 0 Å². The number of carbonyl (C=O) groups excluding carboxylic acids is 2. The second-order valence-electron chi connectivity index (χ2n) is 5.02. The van der Waals surface area contributed by atoms with Gasteiger partial charge in [0.1, 0.15) is 5.75 Å². The summed E-state index contributed by atoms with van der Waals surface area (Å²) in [6.45, 7) is 4.24. The van der Waals surface area contributed by atoms with Crippen molar-refractivity contribution in [2.24, 2.45) is 0 Å². The number of nitrogens with two attached hydrogens (primary N) is 1. The highest BCUT2D eigenvalue weighted by Crippen LogP contribution is 2.19. The molecule has 1 heterocycles. The normalized spacial score (nSPS) is 14.9. The van der Waals surface area contributed by atoms with Crippen molar-refractivity contribution >= 4 is 17.5 Å². The number of rotatable bonds is 4. The van der Waals surface area contributed by atoms with Crippen LogP contribution in [-0.2, 0) is 9.59 Å². The Balaban J connectivity index is 1.73. The highest BCUT2D eigenvalue weighted by molar-refractivity contribution is 5.77. The smallest absolute Gasteiger partial charge is 0.226 e. The van der Waals surface area contributed by atoms with Crippen LogP contribution in [0.1, 0.15) is 13.3 Å². The van der Waals surface area contributed by atoms with Crippen LogP contribution in [0.15, 0.2) is 24.3 Å². The maximum atomic E-state index is 12.1. The molecule has 2 amide bonds. The number of nitrogens with zero attached hydrogens (tertiary/aromatic N) is 2. The zero-order valence-corrected chi connectivity index (χ0v) is 12.2. The summed E-state index contributed by atoms with van der Waals surface area (Å²) < 4.78 is 5.52. The van der Waals surface area contributed by atoms with Crippen LogP contribution in [0.5, 0.6) is 5.75 Å². The summed E-state index contributed by atoms with van der Waals surface area (Å²) in [5, 5.41) is 0. The molecule has 2 N–H and O–H groups in total. The minimum absolute atomic E-state index is 0.0488. The first-order valence-electron chi connectivity index (χ1n) is 7.08. The fourth-order valence-electron chi connectivity index (χ4n) is 2.29. The molecule has 0 aliphatic carbocycles. The fourth-order valence-corrected chi connectivity index (χ4v) is 2.29. The van der Waals surface area contributed by atoms with Gasteiger partial charge in [-0.05, 0) is 12.1 Å². The fraction of sp³-hybridized carbons (Fsp3) is 0.467. The summed E-state index contributed by atoms with van der Waals surface area (Å²) in [7, 11) is 0. The topological polar surface area (TPSA) is 75.9 Å². The van der Waals surface area contributed by atoms with Crippen LogP contribution in [-0.4, -0.2) is 54.4 Å². The van der Waals surface area contributed by atoms with E-state index >= 15 is 0 Å². The standard InChI is InChI=1S/C15H21N3O3/c1-12(19)17-7-9-18(10-8-17)15(20)6-11-21-14-5-3-2-4-13(14)16/h2-5H,6-11,16H2,1H3. The van der Waals surface area contributed by atoms with Gasteiger partial charge in [0.25, 0.3) is 0 Å². The van der Waals surface area contributed by atoms with Gasteiger partial charge in [-0.25, -0.2) is 0 Å². The summed E-state index contributed by atoms with van der Waals surface area (Å²) in [4.78, 5) is 26.8. The Morgan fingerprint density at radius 3 is 2.38 bits per heavy atom. The minimum atomic E-state index is 0.0488. The van der Waals surface area contributed by atoms with E-state index in [-0.39, 0.29) is 11.8 Å². The van der Waals surface area contributed by atoms with Crippen molar-refractivity contribution < 1.29 is 14.3 Å². The zero-order chi connectivity index (χ0) is 15.2. The van der Waals surface area contributed by atoms with Gasteiger partial charge in [-0.2, -0.15) is 0 Å². The van der Waals surface area contributed by atoms with E-state index in [0.717, 1.165) is 0 Å². The number of hydrogen-bond acceptors (Lipinski definition) is 4.